The molecule has 0 saturated carbocycles. The summed E-state index contributed by atoms with van der Waals surface area (Å²) < 4.78 is 17.0. The molecule has 0 fully saturated rings. The molecule has 0 unspecified atom stereocenters. The minimum atomic E-state index is -0.415. The van der Waals surface area contributed by atoms with Gasteiger partial charge >= 0.3 is 0 Å². The van der Waals surface area contributed by atoms with Gasteiger partial charge in [0.2, 0.25) is 5.75 Å². The fourth-order valence-corrected chi connectivity index (χ4v) is 4.19. The van der Waals surface area contributed by atoms with Gasteiger partial charge in [-0.05, 0) is 77.6 Å². The van der Waals surface area contributed by atoms with Crippen molar-refractivity contribution in [1.82, 2.24) is 0 Å². The first-order chi connectivity index (χ1) is 17.9. The van der Waals surface area contributed by atoms with Crippen molar-refractivity contribution in [1.29, 1.82) is 0 Å². The Kier molecular flexibility index (Phi) is 8.05. The molecule has 0 aliphatic rings. The molecule has 4 aromatic carbocycles. The van der Waals surface area contributed by atoms with Gasteiger partial charge in [0.05, 0.1) is 13.2 Å². The summed E-state index contributed by atoms with van der Waals surface area (Å²) in [5.41, 5.74) is 3.49. The van der Waals surface area contributed by atoms with Crippen LogP contribution in [0.25, 0.3) is 0 Å². The number of aryl methyl sites for hydroxylation is 2. The molecule has 0 bridgehead atoms. The van der Waals surface area contributed by atoms with E-state index >= 15 is 0 Å². The van der Waals surface area contributed by atoms with Crippen molar-refractivity contribution >= 4 is 0 Å². The van der Waals surface area contributed by atoms with Gasteiger partial charge < -0.3 is 34.6 Å². The average Bonchev–Trinajstić information content (AvgIpc) is 2.90. The van der Waals surface area contributed by atoms with Crippen molar-refractivity contribution in [2.24, 2.45) is 0 Å². The van der Waals surface area contributed by atoms with E-state index in [1.807, 2.05) is 42.5 Å². The second kappa shape index (κ2) is 11.6. The smallest absolute Gasteiger partial charge is 0.200 e. The minimum absolute atomic E-state index is 0.0510. The van der Waals surface area contributed by atoms with Crippen molar-refractivity contribution in [3.63, 3.8) is 0 Å². The fraction of sp³-hybridized carbons (Fsp3) is 0.200. The molecule has 0 saturated heterocycles. The molecular weight excluding hydrogens is 472 g/mol. The predicted octanol–water partition coefficient (Wildman–Crippen LogP) is 6.03. The summed E-state index contributed by atoms with van der Waals surface area (Å²) in [6.45, 7) is 0. The van der Waals surface area contributed by atoms with Crippen LogP contribution in [-0.4, -0.2) is 34.6 Å². The highest BCUT2D eigenvalue weighted by Crippen LogP contribution is 2.40. The Labute approximate surface area is 215 Å². The minimum Gasteiger partial charge on any atom is -0.508 e. The van der Waals surface area contributed by atoms with Crippen molar-refractivity contribution in [3.05, 3.63) is 101 Å². The predicted molar refractivity (Wildman–Crippen MR) is 140 cm³/mol. The van der Waals surface area contributed by atoms with Crippen LogP contribution in [0.1, 0.15) is 28.4 Å². The molecule has 0 heterocycles. The molecule has 0 aliphatic carbocycles. The van der Waals surface area contributed by atoms with E-state index in [0.29, 0.717) is 29.9 Å². The lowest BCUT2D eigenvalue weighted by Crippen LogP contribution is -2.06. The van der Waals surface area contributed by atoms with E-state index in [1.54, 1.807) is 37.4 Å². The van der Waals surface area contributed by atoms with Crippen molar-refractivity contribution in [3.8, 4) is 40.2 Å². The van der Waals surface area contributed by atoms with Crippen LogP contribution in [0.4, 0.5) is 0 Å². The van der Waals surface area contributed by atoms with Crippen molar-refractivity contribution < 1.29 is 34.6 Å². The highest BCUT2D eigenvalue weighted by molar-refractivity contribution is 5.53. The van der Waals surface area contributed by atoms with E-state index in [9.17, 15) is 20.4 Å². The summed E-state index contributed by atoms with van der Waals surface area (Å²) in [7, 11) is 2.99. The van der Waals surface area contributed by atoms with Crippen molar-refractivity contribution in [2.45, 2.75) is 25.4 Å². The lowest BCUT2D eigenvalue weighted by molar-refractivity contribution is 0.103. The Hall–Kier alpha value is -4.36. The summed E-state index contributed by atoms with van der Waals surface area (Å²) in [6, 6.07) is 22.9. The molecule has 192 valence electrons. The number of methoxy groups -OCH3 is 2. The molecule has 7 heteroatoms. The number of phenols is 4. The SMILES string of the molecule is COc1cc([C@@H](Cc2cccc(Oc3c(O)cccc3CCc3ccc(O)cc3)c2)OC)cc(O)c1O. The van der Waals surface area contributed by atoms with Crippen molar-refractivity contribution in [2.75, 3.05) is 14.2 Å². The van der Waals surface area contributed by atoms with Gasteiger partial charge in [-0.15, -0.1) is 0 Å². The number of phenolic OH excluding ortho intramolecular Hbond substituents is 4. The van der Waals surface area contributed by atoms with Gasteiger partial charge in [-0.1, -0.05) is 36.4 Å². The van der Waals surface area contributed by atoms with Crippen LogP contribution in [0.2, 0.25) is 0 Å². The van der Waals surface area contributed by atoms with Gasteiger partial charge in [0.25, 0.3) is 0 Å². The van der Waals surface area contributed by atoms with Crippen LogP contribution in [-0.2, 0) is 24.0 Å². The fourth-order valence-electron chi connectivity index (χ4n) is 4.19. The van der Waals surface area contributed by atoms with E-state index in [0.717, 1.165) is 23.1 Å². The number of hydrogen-bond acceptors (Lipinski definition) is 7. The number of hydrogen-bond donors (Lipinski definition) is 4. The van der Waals surface area contributed by atoms with Gasteiger partial charge in [0.1, 0.15) is 11.5 Å². The summed E-state index contributed by atoms with van der Waals surface area (Å²) >= 11 is 0. The zero-order valence-electron chi connectivity index (χ0n) is 20.7. The molecule has 0 spiro atoms. The molecule has 7 nitrogen and oxygen atoms in total. The van der Waals surface area contributed by atoms with E-state index in [4.69, 9.17) is 14.2 Å². The lowest BCUT2D eigenvalue weighted by Gasteiger charge is -2.18. The molecule has 1 atom stereocenters. The zero-order chi connectivity index (χ0) is 26.4. The van der Waals surface area contributed by atoms with Gasteiger partial charge in [0.15, 0.2) is 23.0 Å². The normalized spacial score (nSPS) is 11.7. The Morgan fingerprint density at radius 1 is 0.730 bits per heavy atom. The van der Waals surface area contributed by atoms with E-state index in [2.05, 4.69) is 0 Å². The Morgan fingerprint density at radius 2 is 1.49 bits per heavy atom. The molecule has 0 aromatic heterocycles. The van der Waals surface area contributed by atoms with Crippen LogP contribution in [0.15, 0.2) is 78.9 Å². The Bertz CT molecular complexity index is 1350. The number of rotatable bonds is 10. The molecule has 0 amide bonds. The summed E-state index contributed by atoms with van der Waals surface area (Å²) in [4.78, 5) is 0. The number of ether oxygens (including phenoxy) is 3. The topological polar surface area (TPSA) is 109 Å². The van der Waals surface area contributed by atoms with Crippen LogP contribution in [0.3, 0.4) is 0 Å². The molecule has 4 N–H and O–H groups in total. The first-order valence-electron chi connectivity index (χ1n) is 11.9. The summed E-state index contributed by atoms with van der Waals surface area (Å²) in [5, 5.41) is 40.1. The number of para-hydroxylation sites is 1. The molecule has 4 aromatic rings. The van der Waals surface area contributed by atoms with Crippen LogP contribution < -0.4 is 9.47 Å². The maximum atomic E-state index is 10.6. The molecule has 4 rings (SSSR count). The van der Waals surface area contributed by atoms with Crippen LogP contribution >= 0.6 is 0 Å². The number of benzene rings is 4. The van der Waals surface area contributed by atoms with Gasteiger partial charge in [-0.3, -0.25) is 0 Å². The third kappa shape index (κ3) is 6.26. The van der Waals surface area contributed by atoms with Gasteiger partial charge in [-0.2, -0.15) is 0 Å². The molecular formula is C30H30O7. The molecule has 37 heavy (non-hydrogen) atoms. The van der Waals surface area contributed by atoms with Gasteiger partial charge in [0, 0.05) is 13.5 Å². The van der Waals surface area contributed by atoms with Crippen LogP contribution in [0.5, 0.6) is 40.2 Å². The second-order valence-corrected chi connectivity index (χ2v) is 8.70. The quantitative estimate of drug-likeness (QED) is 0.196. The summed E-state index contributed by atoms with van der Waals surface area (Å²) in [6.07, 6.45) is 1.42. The monoisotopic (exact) mass is 502 g/mol. The third-order valence-electron chi connectivity index (χ3n) is 6.19. The highest BCUT2D eigenvalue weighted by atomic mass is 16.5. The Balaban J connectivity index is 1.52. The van der Waals surface area contributed by atoms with Crippen LogP contribution in [0, 0.1) is 0 Å². The molecule has 0 radical (unpaired) electrons. The second-order valence-electron chi connectivity index (χ2n) is 8.70. The lowest BCUT2D eigenvalue weighted by atomic mass is 10.00. The van der Waals surface area contributed by atoms with E-state index < -0.39 is 6.10 Å². The van der Waals surface area contributed by atoms with E-state index in [-0.39, 0.29) is 28.7 Å². The average molecular weight is 503 g/mol. The zero-order valence-corrected chi connectivity index (χ0v) is 20.7. The molecule has 0 aliphatic heterocycles. The van der Waals surface area contributed by atoms with Gasteiger partial charge in [-0.25, -0.2) is 0 Å². The maximum Gasteiger partial charge on any atom is 0.200 e. The number of aromatic hydroxyl groups is 4. The Morgan fingerprint density at radius 3 is 2.22 bits per heavy atom. The first kappa shape index (κ1) is 25.7. The largest absolute Gasteiger partial charge is 0.508 e. The van der Waals surface area contributed by atoms with E-state index in [1.165, 1.54) is 13.2 Å². The highest BCUT2D eigenvalue weighted by Gasteiger charge is 2.18. The third-order valence-corrected chi connectivity index (χ3v) is 6.19. The summed E-state index contributed by atoms with van der Waals surface area (Å²) in [5.74, 6) is 0.791. The first-order valence-corrected chi connectivity index (χ1v) is 11.9. The standard InChI is InChI=1S/C30H30O7/c1-35-27(22-17-26(33)29(34)28(18-22)36-2)16-20-5-3-7-24(15-20)37-30-21(6-4-8-25(30)32)12-9-19-10-13-23(31)14-11-19/h3-8,10-11,13-15,17-18,27,31-34H,9,12,16H2,1-2H3/t27-/m1/s1. The maximum absolute atomic E-state index is 10.6.